The van der Waals surface area contributed by atoms with Gasteiger partial charge in [0, 0.05) is 32.2 Å². The summed E-state index contributed by atoms with van der Waals surface area (Å²) in [6.07, 6.45) is 1.72. The lowest BCUT2D eigenvalue weighted by atomic mass is 10.3. The molecule has 27 heavy (non-hydrogen) atoms. The molecule has 2 rings (SSSR count). The number of rotatable bonds is 8. The van der Waals surface area contributed by atoms with Crippen molar-refractivity contribution in [3.8, 4) is 0 Å². The molecule has 1 aromatic rings. The van der Waals surface area contributed by atoms with Crippen LogP contribution in [0.1, 0.15) is 26.2 Å². The van der Waals surface area contributed by atoms with Crippen LogP contribution in [0.5, 0.6) is 0 Å². The Morgan fingerprint density at radius 1 is 1.11 bits per heavy atom. The molecule has 0 bridgehead atoms. The molecule has 0 aromatic heterocycles. The summed E-state index contributed by atoms with van der Waals surface area (Å²) in [7, 11) is -3.79. The number of benzene rings is 1. The normalized spacial score (nSPS) is 14.0. The van der Waals surface area contributed by atoms with Crippen molar-refractivity contribution in [1.82, 2.24) is 9.62 Å². The second kappa shape index (κ2) is 9.47. The van der Waals surface area contributed by atoms with Crippen molar-refractivity contribution in [2.45, 2.75) is 31.1 Å². The van der Waals surface area contributed by atoms with Gasteiger partial charge < -0.3 is 15.0 Å². The molecule has 0 radical (unpaired) electrons. The van der Waals surface area contributed by atoms with E-state index < -0.39 is 16.0 Å². The molecular formula is C17H23N3O6S. The van der Waals surface area contributed by atoms with Gasteiger partial charge in [0.15, 0.2) is 6.61 Å². The monoisotopic (exact) mass is 397 g/mol. The average molecular weight is 397 g/mol. The number of nitrogens with one attached hydrogen (secondary N) is 2. The Balaban J connectivity index is 1.75. The molecule has 1 aliphatic rings. The highest BCUT2D eigenvalue weighted by atomic mass is 32.2. The van der Waals surface area contributed by atoms with Gasteiger partial charge in [-0.05, 0) is 37.1 Å². The number of nitrogens with zero attached hydrogens (tertiary/aromatic N) is 1. The summed E-state index contributed by atoms with van der Waals surface area (Å²) >= 11 is 0. The molecule has 10 heteroatoms. The third-order valence-corrected chi connectivity index (χ3v) is 5.40. The zero-order valence-electron chi connectivity index (χ0n) is 15.1. The number of esters is 1. The second-order valence-corrected chi connectivity index (χ2v) is 7.87. The molecule has 9 nitrogen and oxygen atoms in total. The van der Waals surface area contributed by atoms with Crippen LogP contribution >= 0.6 is 0 Å². The van der Waals surface area contributed by atoms with Gasteiger partial charge in [0.05, 0.1) is 11.3 Å². The fourth-order valence-corrected chi connectivity index (χ4v) is 3.60. The lowest BCUT2D eigenvalue weighted by Crippen LogP contribution is -2.32. The van der Waals surface area contributed by atoms with E-state index in [2.05, 4.69) is 10.0 Å². The molecule has 0 spiro atoms. The van der Waals surface area contributed by atoms with Crippen molar-refractivity contribution in [3.05, 3.63) is 24.3 Å². The minimum absolute atomic E-state index is 0.00850. The van der Waals surface area contributed by atoms with Crippen LogP contribution in [0, 0.1) is 0 Å². The summed E-state index contributed by atoms with van der Waals surface area (Å²) in [4.78, 5) is 36.0. The van der Waals surface area contributed by atoms with E-state index >= 15 is 0 Å². The molecule has 0 atom stereocenters. The number of anilines is 1. The standard InChI is InChI=1S/C17H23N3O6S/c1-13(21)19-14-4-6-15(7-5-14)27(24,25)18-9-8-17(23)26-12-16(22)20-10-2-3-11-20/h4-7,18H,2-3,8-12H2,1H3,(H,19,21). The number of likely N-dealkylation sites (tertiary alicyclic amines) is 1. The molecule has 1 aromatic carbocycles. The van der Waals surface area contributed by atoms with Gasteiger partial charge in [0.1, 0.15) is 0 Å². The molecule has 1 fully saturated rings. The van der Waals surface area contributed by atoms with Crippen LogP contribution in [0.25, 0.3) is 0 Å². The fourth-order valence-electron chi connectivity index (χ4n) is 2.56. The number of hydrogen-bond donors (Lipinski definition) is 2. The molecule has 0 saturated carbocycles. The van der Waals surface area contributed by atoms with Crippen LogP contribution in [0.4, 0.5) is 5.69 Å². The SMILES string of the molecule is CC(=O)Nc1ccc(S(=O)(=O)NCCC(=O)OCC(=O)N2CCCC2)cc1. The molecule has 1 aliphatic heterocycles. The van der Waals surface area contributed by atoms with Gasteiger partial charge in [-0.3, -0.25) is 14.4 Å². The van der Waals surface area contributed by atoms with Gasteiger partial charge in [0.25, 0.3) is 5.91 Å². The molecule has 0 aliphatic carbocycles. The summed E-state index contributed by atoms with van der Waals surface area (Å²) in [5.41, 5.74) is 0.479. The Morgan fingerprint density at radius 2 is 1.74 bits per heavy atom. The van der Waals surface area contributed by atoms with E-state index in [0.717, 1.165) is 12.8 Å². The highest BCUT2D eigenvalue weighted by Gasteiger charge is 2.19. The smallest absolute Gasteiger partial charge is 0.307 e. The number of amides is 2. The fraction of sp³-hybridized carbons (Fsp3) is 0.471. The van der Waals surface area contributed by atoms with Crippen molar-refractivity contribution in [2.75, 3.05) is 31.6 Å². The van der Waals surface area contributed by atoms with Crippen LogP contribution in [-0.4, -0.2) is 57.3 Å². The van der Waals surface area contributed by atoms with Crippen molar-refractivity contribution in [2.24, 2.45) is 0 Å². The second-order valence-electron chi connectivity index (χ2n) is 6.10. The lowest BCUT2D eigenvalue weighted by Gasteiger charge is -2.14. The Labute approximate surface area is 158 Å². The molecule has 1 saturated heterocycles. The average Bonchev–Trinajstić information content (AvgIpc) is 3.14. The largest absolute Gasteiger partial charge is 0.456 e. The molecule has 2 amide bonds. The van der Waals surface area contributed by atoms with Crippen LogP contribution in [0.15, 0.2) is 29.2 Å². The first-order valence-corrected chi connectivity index (χ1v) is 10.1. The first-order valence-electron chi connectivity index (χ1n) is 8.58. The lowest BCUT2D eigenvalue weighted by molar-refractivity contribution is -0.151. The first-order chi connectivity index (χ1) is 12.8. The van der Waals surface area contributed by atoms with Gasteiger partial charge in [0.2, 0.25) is 15.9 Å². The molecule has 1 heterocycles. The highest BCUT2D eigenvalue weighted by Crippen LogP contribution is 2.14. The Bertz CT molecular complexity index is 785. The van der Waals surface area contributed by atoms with Gasteiger partial charge in [-0.2, -0.15) is 0 Å². The third kappa shape index (κ3) is 6.65. The van der Waals surface area contributed by atoms with Gasteiger partial charge in [-0.15, -0.1) is 0 Å². The quantitative estimate of drug-likeness (QED) is 0.615. The van der Waals surface area contributed by atoms with E-state index in [9.17, 15) is 22.8 Å². The van der Waals surface area contributed by atoms with Gasteiger partial charge in [-0.25, -0.2) is 13.1 Å². The van der Waals surface area contributed by atoms with E-state index in [1.54, 1.807) is 4.90 Å². The Hall–Kier alpha value is -2.46. The summed E-state index contributed by atoms with van der Waals surface area (Å²) in [6.45, 7) is 2.24. The molecule has 0 unspecified atom stereocenters. The Kier molecular flexibility index (Phi) is 7.31. The third-order valence-electron chi connectivity index (χ3n) is 3.92. The maximum atomic E-state index is 12.2. The summed E-state index contributed by atoms with van der Waals surface area (Å²) < 4.78 is 31.5. The van der Waals surface area contributed by atoms with Crippen molar-refractivity contribution >= 4 is 33.5 Å². The van der Waals surface area contributed by atoms with Gasteiger partial charge >= 0.3 is 5.97 Å². The molecule has 148 valence electrons. The van der Waals surface area contributed by atoms with Crippen molar-refractivity contribution in [3.63, 3.8) is 0 Å². The number of ether oxygens (including phenoxy) is 1. The summed E-state index contributed by atoms with van der Waals surface area (Å²) in [6, 6.07) is 5.63. The molecular weight excluding hydrogens is 374 g/mol. The van der Waals surface area contributed by atoms with Crippen molar-refractivity contribution < 1.29 is 27.5 Å². The number of sulfonamides is 1. The van der Waals surface area contributed by atoms with E-state index in [1.165, 1.54) is 31.2 Å². The highest BCUT2D eigenvalue weighted by molar-refractivity contribution is 7.89. The summed E-state index contributed by atoms with van der Waals surface area (Å²) in [5, 5.41) is 2.54. The number of hydrogen-bond acceptors (Lipinski definition) is 6. The Morgan fingerprint density at radius 3 is 2.33 bits per heavy atom. The number of carbonyl (C=O) groups is 3. The number of carbonyl (C=O) groups excluding carboxylic acids is 3. The predicted molar refractivity (Wildman–Crippen MR) is 97.3 cm³/mol. The van der Waals surface area contributed by atoms with Crippen LogP contribution in [0.3, 0.4) is 0 Å². The topological polar surface area (TPSA) is 122 Å². The van der Waals surface area contributed by atoms with Crippen LogP contribution in [-0.2, 0) is 29.1 Å². The van der Waals surface area contributed by atoms with E-state index in [1.807, 2.05) is 0 Å². The zero-order chi connectivity index (χ0) is 19.9. The van der Waals surface area contributed by atoms with E-state index in [4.69, 9.17) is 4.74 Å². The van der Waals surface area contributed by atoms with Crippen LogP contribution < -0.4 is 10.0 Å². The van der Waals surface area contributed by atoms with Crippen LogP contribution in [0.2, 0.25) is 0 Å². The first kappa shape index (κ1) is 20.8. The minimum atomic E-state index is -3.79. The summed E-state index contributed by atoms with van der Waals surface area (Å²) in [5.74, 6) is -1.14. The van der Waals surface area contributed by atoms with Gasteiger partial charge in [-0.1, -0.05) is 0 Å². The van der Waals surface area contributed by atoms with Crippen molar-refractivity contribution in [1.29, 1.82) is 0 Å². The maximum absolute atomic E-state index is 12.2. The predicted octanol–water partition coefficient (Wildman–Crippen LogP) is 0.479. The minimum Gasteiger partial charge on any atom is -0.456 e. The molecule has 2 N–H and O–H groups in total. The van der Waals surface area contributed by atoms with E-state index in [-0.39, 0.29) is 36.3 Å². The van der Waals surface area contributed by atoms with E-state index in [0.29, 0.717) is 18.8 Å². The maximum Gasteiger partial charge on any atom is 0.307 e. The zero-order valence-corrected chi connectivity index (χ0v) is 15.9.